The minimum atomic E-state index is -0.0651. The number of benzene rings is 1. The molecule has 1 N–H and O–H groups in total. The molecule has 2 aromatic heterocycles. The normalized spacial score (nSPS) is 16.4. The monoisotopic (exact) mass is 417 g/mol. The van der Waals surface area contributed by atoms with Crippen molar-refractivity contribution in [1.82, 2.24) is 24.9 Å². The second-order valence-corrected chi connectivity index (χ2v) is 7.68. The van der Waals surface area contributed by atoms with Crippen molar-refractivity contribution in [3.63, 3.8) is 0 Å². The molecule has 1 fully saturated rings. The van der Waals surface area contributed by atoms with Crippen molar-refractivity contribution in [3.05, 3.63) is 18.0 Å². The highest BCUT2D eigenvalue weighted by molar-refractivity contribution is 7.99. The quantitative estimate of drug-likeness (QED) is 0.460. The molecule has 0 spiro atoms. The van der Waals surface area contributed by atoms with Crippen molar-refractivity contribution in [3.8, 4) is 11.5 Å². The van der Waals surface area contributed by atoms with E-state index in [2.05, 4.69) is 15.4 Å². The van der Waals surface area contributed by atoms with Crippen LogP contribution in [-0.2, 0) is 9.53 Å². The lowest BCUT2D eigenvalue weighted by Gasteiger charge is -2.12. The van der Waals surface area contributed by atoms with E-state index >= 15 is 0 Å². The van der Waals surface area contributed by atoms with Gasteiger partial charge in [-0.25, -0.2) is 9.97 Å². The standard InChI is InChI=1S/C19H23N5O4S/c1-11-21-18-13-7-15(26-2)16(27-3)8-14(13)22-19(24(18)23-11)29-10-17(25)20-9-12-5-4-6-28-12/h7-8,12H,4-6,9-10H2,1-3H3,(H,20,25)/t12-/m0/s1. The van der Waals surface area contributed by atoms with Gasteiger partial charge in [-0.15, -0.1) is 5.10 Å². The third-order valence-electron chi connectivity index (χ3n) is 4.74. The first-order valence-corrected chi connectivity index (χ1v) is 10.4. The average molecular weight is 417 g/mol. The molecule has 0 unspecified atom stereocenters. The van der Waals surface area contributed by atoms with E-state index in [1.54, 1.807) is 24.8 Å². The number of rotatable bonds is 7. The fraction of sp³-hybridized carbons (Fsp3) is 0.474. The second kappa shape index (κ2) is 8.42. The van der Waals surface area contributed by atoms with E-state index in [1.165, 1.54) is 11.8 Å². The predicted molar refractivity (Wildman–Crippen MR) is 109 cm³/mol. The number of hydrogen-bond donors (Lipinski definition) is 1. The largest absolute Gasteiger partial charge is 0.493 e. The Morgan fingerprint density at radius 2 is 2.10 bits per heavy atom. The topological polar surface area (TPSA) is 99.9 Å². The van der Waals surface area contributed by atoms with Crippen molar-refractivity contribution in [1.29, 1.82) is 0 Å². The van der Waals surface area contributed by atoms with Gasteiger partial charge < -0.3 is 19.5 Å². The Morgan fingerprint density at radius 1 is 1.31 bits per heavy atom. The van der Waals surface area contributed by atoms with Gasteiger partial charge in [0.2, 0.25) is 5.91 Å². The molecule has 3 heterocycles. The molecular formula is C19H23N5O4S. The maximum absolute atomic E-state index is 12.3. The zero-order valence-electron chi connectivity index (χ0n) is 16.6. The van der Waals surface area contributed by atoms with Crippen LogP contribution in [0.4, 0.5) is 0 Å². The minimum absolute atomic E-state index is 0.0651. The summed E-state index contributed by atoms with van der Waals surface area (Å²) in [6, 6.07) is 3.65. The Morgan fingerprint density at radius 3 is 2.83 bits per heavy atom. The molecule has 4 rings (SSSR count). The van der Waals surface area contributed by atoms with Crippen LogP contribution in [0.3, 0.4) is 0 Å². The van der Waals surface area contributed by atoms with Crippen molar-refractivity contribution >= 4 is 34.2 Å². The molecule has 1 saturated heterocycles. The average Bonchev–Trinajstić information content (AvgIpc) is 3.38. The summed E-state index contributed by atoms with van der Waals surface area (Å²) in [7, 11) is 3.17. The number of methoxy groups -OCH3 is 2. The molecule has 1 amide bonds. The minimum Gasteiger partial charge on any atom is -0.493 e. The van der Waals surface area contributed by atoms with Crippen LogP contribution >= 0.6 is 11.8 Å². The molecule has 1 atom stereocenters. The highest BCUT2D eigenvalue weighted by Crippen LogP contribution is 2.34. The molecule has 29 heavy (non-hydrogen) atoms. The number of hydrogen-bond acceptors (Lipinski definition) is 8. The van der Waals surface area contributed by atoms with E-state index in [0.717, 1.165) is 24.8 Å². The Labute approximate surface area is 172 Å². The lowest BCUT2D eigenvalue weighted by Crippen LogP contribution is -2.32. The van der Waals surface area contributed by atoms with Gasteiger partial charge in [-0.1, -0.05) is 11.8 Å². The summed E-state index contributed by atoms with van der Waals surface area (Å²) in [6.45, 7) is 3.13. The van der Waals surface area contributed by atoms with Crippen LogP contribution in [-0.4, -0.2) is 64.7 Å². The fourth-order valence-electron chi connectivity index (χ4n) is 3.32. The zero-order valence-corrected chi connectivity index (χ0v) is 17.4. The summed E-state index contributed by atoms with van der Waals surface area (Å²) in [4.78, 5) is 21.5. The molecule has 0 bridgehead atoms. The van der Waals surface area contributed by atoms with Gasteiger partial charge in [-0.2, -0.15) is 4.52 Å². The Kier molecular flexibility index (Phi) is 5.72. The van der Waals surface area contributed by atoms with Gasteiger partial charge in [-0.05, 0) is 25.8 Å². The number of carbonyl (C=O) groups excluding carboxylic acids is 1. The van der Waals surface area contributed by atoms with Gasteiger partial charge in [0.1, 0.15) is 5.82 Å². The van der Waals surface area contributed by atoms with Crippen LogP contribution in [0.15, 0.2) is 17.3 Å². The van der Waals surface area contributed by atoms with E-state index in [9.17, 15) is 4.79 Å². The Hall–Kier alpha value is -2.59. The first-order chi connectivity index (χ1) is 14.1. The first kappa shape index (κ1) is 19.7. The van der Waals surface area contributed by atoms with Gasteiger partial charge in [-0.3, -0.25) is 4.79 Å². The number of amides is 1. The summed E-state index contributed by atoms with van der Waals surface area (Å²) >= 11 is 1.32. The predicted octanol–water partition coefficient (Wildman–Crippen LogP) is 1.99. The summed E-state index contributed by atoms with van der Waals surface area (Å²) in [5.74, 6) is 1.96. The molecule has 1 aromatic carbocycles. The van der Waals surface area contributed by atoms with Gasteiger partial charge in [0.05, 0.1) is 31.6 Å². The van der Waals surface area contributed by atoms with E-state index < -0.39 is 0 Å². The van der Waals surface area contributed by atoms with Gasteiger partial charge in [0, 0.05) is 24.6 Å². The number of carbonyl (C=O) groups is 1. The van der Waals surface area contributed by atoms with Crippen LogP contribution < -0.4 is 14.8 Å². The number of thioether (sulfide) groups is 1. The molecule has 10 heteroatoms. The molecule has 9 nitrogen and oxygen atoms in total. The first-order valence-electron chi connectivity index (χ1n) is 9.39. The van der Waals surface area contributed by atoms with Crippen molar-refractivity contribution < 1.29 is 19.0 Å². The number of ether oxygens (including phenoxy) is 3. The van der Waals surface area contributed by atoms with Gasteiger partial charge in [0.15, 0.2) is 22.3 Å². The number of nitrogens with one attached hydrogen (secondary N) is 1. The third-order valence-corrected chi connectivity index (χ3v) is 5.67. The Bertz CT molecular complexity index is 1050. The Balaban J connectivity index is 1.60. The highest BCUT2D eigenvalue weighted by Gasteiger charge is 2.18. The zero-order chi connectivity index (χ0) is 20.4. The molecule has 0 aliphatic carbocycles. The molecule has 3 aromatic rings. The molecular weight excluding hydrogens is 394 g/mol. The second-order valence-electron chi connectivity index (χ2n) is 6.74. The molecule has 1 aliphatic rings. The number of aromatic nitrogens is 4. The van der Waals surface area contributed by atoms with Crippen LogP contribution in [0, 0.1) is 6.92 Å². The number of aryl methyl sites for hydroxylation is 1. The maximum Gasteiger partial charge on any atom is 0.230 e. The van der Waals surface area contributed by atoms with Crippen LogP contribution in [0.1, 0.15) is 18.7 Å². The lowest BCUT2D eigenvalue weighted by atomic mass is 10.2. The third kappa shape index (κ3) is 4.08. The smallest absolute Gasteiger partial charge is 0.230 e. The summed E-state index contributed by atoms with van der Waals surface area (Å²) in [5, 5.41) is 8.76. The van der Waals surface area contributed by atoms with E-state index in [-0.39, 0.29) is 17.8 Å². The molecule has 1 aliphatic heterocycles. The number of fused-ring (bicyclic) bond motifs is 3. The van der Waals surface area contributed by atoms with E-state index in [4.69, 9.17) is 19.2 Å². The van der Waals surface area contributed by atoms with Crippen molar-refractivity contribution in [2.75, 3.05) is 33.1 Å². The summed E-state index contributed by atoms with van der Waals surface area (Å²) < 4.78 is 18.0. The van der Waals surface area contributed by atoms with E-state index in [1.807, 2.05) is 13.0 Å². The van der Waals surface area contributed by atoms with Crippen molar-refractivity contribution in [2.24, 2.45) is 0 Å². The van der Waals surface area contributed by atoms with Gasteiger partial charge in [0.25, 0.3) is 0 Å². The molecule has 154 valence electrons. The van der Waals surface area contributed by atoms with Gasteiger partial charge >= 0.3 is 0 Å². The summed E-state index contributed by atoms with van der Waals surface area (Å²) in [6.07, 6.45) is 2.16. The maximum atomic E-state index is 12.3. The SMILES string of the molecule is COc1cc2nc(SCC(=O)NC[C@@H]3CCCO3)n3nc(C)nc3c2cc1OC. The summed E-state index contributed by atoms with van der Waals surface area (Å²) in [5.41, 5.74) is 1.36. The van der Waals surface area contributed by atoms with E-state index in [0.29, 0.717) is 40.2 Å². The van der Waals surface area contributed by atoms with Crippen molar-refractivity contribution in [2.45, 2.75) is 31.0 Å². The highest BCUT2D eigenvalue weighted by atomic mass is 32.2. The lowest BCUT2D eigenvalue weighted by molar-refractivity contribution is -0.119. The molecule has 0 saturated carbocycles. The molecule has 0 radical (unpaired) electrons. The van der Waals surface area contributed by atoms with Crippen LogP contribution in [0.5, 0.6) is 11.5 Å². The van der Waals surface area contributed by atoms with Crippen LogP contribution in [0.25, 0.3) is 16.6 Å². The number of nitrogens with zero attached hydrogens (tertiary/aromatic N) is 4. The fourth-order valence-corrected chi connectivity index (χ4v) is 4.10. The van der Waals surface area contributed by atoms with Crippen LogP contribution in [0.2, 0.25) is 0 Å².